The zero-order valence-corrected chi connectivity index (χ0v) is 18.3. The van der Waals surface area contributed by atoms with Crippen molar-refractivity contribution in [2.75, 3.05) is 13.1 Å². The molecule has 2 aromatic carbocycles. The molecule has 2 aromatic rings. The van der Waals surface area contributed by atoms with Crippen LogP contribution in [-0.4, -0.2) is 23.9 Å². The Kier molecular flexibility index (Phi) is 8.47. The summed E-state index contributed by atoms with van der Waals surface area (Å²) in [4.78, 5) is 14.1. The molecule has 0 radical (unpaired) electrons. The third kappa shape index (κ3) is 6.76. The van der Waals surface area contributed by atoms with E-state index >= 15 is 0 Å². The van der Waals surface area contributed by atoms with Gasteiger partial charge < -0.3 is 10.6 Å². The van der Waals surface area contributed by atoms with E-state index in [2.05, 4.69) is 0 Å². The van der Waals surface area contributed by atoms with Crippen LogP contribution in [0, 0.1) is 0 Å². The van der Waals surface area contributed by atoms with E-state index in [1.165, 1.54) is 12.1 Å². The summed E-state index contributed by atoms with van der Waals surface area (Å²) in [6.07, 6.45) is -8.99. The van der Waals surface area contributed by atoms with E-state index in [-0.39, 0.29) is 29.2 Å². The number of hydrogen-bond donors (Lipinski definition) is 1. The number of halogens is 8. The molecule has 0 saturated carbocycles. The molecule has 0 aromatic heterocycles. The number of benzene rings is 2. The first kappa shape index (κ1) is 26.3. The standard InChI is InChI=1S/C21H20Cl2F6N2O/c1-2-3-6-31(11-18(30)12-4-5-16(22)17(23)9-12)19(32)13-7-14(20(24,25)26)10-15(8-13)21(27,28)29/h4-5,7-10,18H,2-3,6,11,30H2,1H3. The zero-order valence-electron chi connectivity index (χ0n) is 16.8. The molecular formula is C21H20Cl2F6N2O. The maximum absolute atomic E-state index is 13.2. The molecule has 0 aliphatic carbocycles. The van der Waals surface area contributed by atoms with Crippen molar-refractivity contribution in [1.82, 2.24) is 4.90 Å². The van der Waals surface area contributed by atoms with Crippen LogP contribution in [0.1, 0.15) is 52.9 Å². The lowest BCUT2D eigenvalue weighted by Gasteiger charge is -2.27. The van der Waals surface area contributed by atoms with E-state index in [9.17, 15) is 31.1 Å². The molecule has 0 fully saturated rings. The van der Waals surface area contributed by atoms with Gasteiger partial charge in [-0.15, -0.1) is 0 Å². The van der Waals surface area contributed by atoms with Gasteiger partial charge in [-0.2, -0.15) is 26.3 Å². The van der Waals surface area contributed by atoms with Crippen LogP contribution < -0.4 is 5.73 Å². The Bertz CT molecular complexity index is 930. The third-order valence-corrected chi connectivity index (χ3v) is 5.43. The zero-order chi connectivity index (χ0) is 24.3. The Balaban J connectivity index is 2.42. The average molecular weight is 501 g/mol. The van der Waals surface area contributed by atoms with Gasteiger partial charge in [-0.1, -0.05) is 42.6 Å². The maximum Gasteiger partial charge on any atom is 0.416 e. The maximum atomic E-state index is 13.2. The smallest absolute Gasteiger partial charge is 0.337 e. The number of unbranched alkanes of at least 4 members (excludes halogenated alkanes) is 1. The Hall–Kier alpha value is -1.97. The first-order chi connectivity index (χ1) is 14.7. The summed E-state index contributed by atoms with van der Waals surface area (Å²) in [5.41, 5.74) is 2.82. The van der Waals surface area contributed by atoms with Crippen LogP contribution in [0.25, 0.3) is 0 Å². The minimum absolute atomic E-state index is 0.0192. The van der Waals surface area contributed by atoms with Crippen molar-refractivity contribution in [2.24, 2.45) is 5.73 Å². The summed E-state index contributed by atoms with van der Waals surface area (Å²) in [6.45, 7) is 1.78. The summed E-state index contributed by atoms with van der Waals surface area (Å²) in [7, 11) is 0. The minimum Gasteiger partial charge on any atom is -0.337 e. The highest BCUT2D eigenvalue weighted by molar-refractivity contribution is 6.42. The van der Waals surface area contributed by atoms with Crippen molar-refractivity contribution in [3.8, 4) is 0 Å². The average Bonchev–Trinajstić information content (AvgIpc) is 2.70. The molecule has 0 saturated heterocycles. The molecule has 2 rings (SSSR count). The number of rotatable bonds is 7. The van der Waals surface area contributed by atoms with Gasteiger partial charge in [0.1, 0.15) is 0 Å². The summed E-state index contributed by atoms with van der Waals surface area (Å²) in [5, 5.41) is 0.504. The van der Waals surface area contributed by atoms with Gasteiger partial charge in [0, 0.05) is 24.7 Å². The molecule has 1 unspecified atom stereocenters. The van der Waals surface area contributed by atoms with E-state index in [0.29, 0.717) is 30.5 Å². The normalized spacial score (nSPS) is 13.2. The van der Waals surface area contributed by atoms with Crippen LogP contribution in [0.15, 0.2) is 36.4 Å². The molecule has 0 heterocycles. The minimum atomic E-state index is -5.05. The van der Waals surface area contributed by atoms with Crippen LogP contribution in [0.5, 0.6) is 0 Å². The second kappa shape index (κ2) is 10.3. The first-order valence-corrected chi connectivity index (χ1v) is 10.3. The molecule has 176 valence electrons. The molecule has 1 amide bonds. The van der Waals surface area contributed by atoms with Gasteiger partial charge in [0.15, 0.2) is 0 Å². The van der Waals surface area contributed by atoms with Crippen LogP contribution in [0.2, 0.25) is 10.0 Å². The highest BCUT2D eigenvalue weighted by atomic mass is 35.5. The van der Waals surface area contributed by atoms with Crippen LogP contribution in [0.4, 0.5) is 26.3 Å². The second-order valence-electron chi connectivity index (χ2n) is 7.18. The van der Waals surface area contributed by atoms with E-state index in [1.807, 2.05) is 6.92 Å². The van der Waals surface area contributed by atoms with Crippen molar-refractivity contribution in [3.05, 3.63) is 68.7 Å². The lowest BCUT2D eigenvalue weighted by atomic mass is 10.0. The van der Waals surface area contributed by atoms with Gasteiger partial charge in [0.2, 0.25) is 0 Å². The third-order valence-electron chi connectivity index (χ3n) is 4.69. The van der Waals surface area contributed by atoms with Gasteiger partial charge in [0.25, 0.3) is 5.91 Å². The van der Waals surface area contributed by atoms with E-state index in [0.717, 1.165) is 4.90 Å². The lowest BCUT2D eigenvalue weighted by Crippen LogP contribution is -2.38. The SMILES string of the molecule is CCCCN(CC(N)c1ccc(Cl)c(Cl)c1)C(=O)c1cc(C(F)(F)F)cc(C(F)(F)F)c1. The molecular weight excluding hydrogens is 481 g/mol. The molecule has 0 aliphatic heterocycles. The molecule has 2 N–H and O–H groups in total. The van der Waals surface area contributed by atoms with Crippen molar-refractivity contribution in [1.29, 1.82) is 0 Å². The summed E-state index contributed by atoms with van der Waals surface area (Å²) >= 11 is 11.8. The van der Waals surface area contributed by atoms with Crippen LogP contribution >= 0.6 is 23.2 Å². The predicted molar refractivity (Wildman–Crippen MR) is 111 cm³/mol. The highest BCUT2D eigenvalue weighted by Gasteiger charge is 2.38. The quantitative estimate of drug-likeness (QED) is 0.417. The number of amides is 1. The van der Waals surface area contributed by atoms with Crippen molar-refractivity contribution < 1.29 is 31.1 Å². The molecule has 11 heteroatoms. The van der Waals surface area contributed by atoms with Crippen molar-refractivity contribution >= 4 is 29.1 Å². The largest absolute Gasteiger partial charge is 0.416 e. The fourth-order valence-corrected chi connectivity index (χ4v) is 3.28. The molecule has 3 nitrogen and oxygen atoms in total. The van der Waals surface area contributed by atoms with Crippen LogP contribution in [0.3, 0.4) is 0 Å². The number of nitrogens with two attached hydrogens (primary N) is 1. The monoisotopic (exact) mass is 500 g/mol. The number of nitrogens with zero attached hydrogens (tertiary/aromatic N) is 1. The molecule has 1 atom stereocenters. The second-order valence-corrected chi connectivity index (χ2v) is 7.99. The number of alkyl halides is 6. The summed E-state index contributed by atoms with van der Waals surface area (Å²) in [5.74, 6) is -0.981. The summed E-state index contributed by atoms with van der Waals surface area (Å²) in [6, 6.07) is 4.59. The Morgan fingerprint density at radius 3 is 2.00 bits per heavy atom. The topological polar surface area (TPSA) is 46.3 Å². The van der Waals surface area contributed by atoms with Gasteiger partial charge in [-0.3, -0.25) is 4.79 Å². The van der Waals surface area contributed by atoms with Crippen molar-refractivity contribution in [3.63, 3.8) is 0 Å². The lowest BCUT2D eigenvalue weighted by molar-refractivity contribution is -0.143. The Labute approximate surface area is 191 Å². The number of carbonyl (C=O) groups is 1. The van der Waals surface area contributed by atoms with Gasteiger partial charge in [-0.25, -0.2) is 0 Å². The fraction of sp³-hybridized carbons (Fsp3) is 0.381. The molecule has 0 spiro atoms. The van der Waals surface area contributed by atoms with Crippen LogP contribution in [-0.2, 0) is 12.4 Å². The van der Waals surface area contributed by atoms with Gasteiger partial charge in [-0.05, 0) is 42.3 Å². The molecule has 0 bridgehead atoms. The Morgan fingerprint density at radius 2 is 1.53 bits per heavy atom. The number of carbonyl (C=O) groups excluding carboxylic acids is 1. The molecule has 0 aliphatic rings. The van der Waals surface area contributed by atoms with E-state index in [4.69, 9.17) is 28.9 Å². The Morgan fingerprint density at radius 1 is 0.969 bits per heavy atom. The van der Waals surface area contributed by atoms with Gasteiger partial charge in [0.05, 0.1) is 21.2 Å². The summed E-state index contributed by atoms with van der Waals surface area (Å²) < 4.78 is 79.0. The van der Waals surface area contributed by atoms with E-state index in [1.54, 1.807) is 6.07 Å². The van der Waals surface area contributed by atoms with Crippen molar-refractivity contribution in [2.45, 2.75) is 38.2 Å². The van der Waals surface area contributed by atoms with Gasteiger partial charge >= 0.3 is 12.4 Å². The number of hydrogen-bond acceptors (Lipinski definition) is 2. The molecule has 32 heavy (non-hydrogen) atoms. The highest BCUT2D eigenvalue weighted by Crippen LogP contribution is 2.36. The first-order valence-electron chi connectivity index (χ1n) is 9.53. The van der Waals surface area contributed by atoms with E-state index < -0.39 is 41.0 Å². The predicted octanol–water partition coefficient (Wildman–Crippen LogP) is 6.97. The fourth-order valence-electron chi connectivity index (χ4n) is 2.97.